The lowest BCUT2D eigenvalue weighted by atomic mass is 9.90. The highest BCUT2D eigenvalue weighted by Gasteiger charge is 2.31. The predicted molar refractivity (Wildman–Crippen MR) is 67.7 cm³/mol. The van der Waals surface area contributed by atoms with Gasteiger partial charge in [-0.15, -0.1) is 0 Å². The van der Waals surface area contributed by atoms with E-state index in [0.717, 1.165) is 18.7 Å². The average Bonchev–Trinajstić information content (AvgIpc) is 2.74. The Morgan fingerprint density at radius 3 is 2.94 bits per heavy atom. The Hall–Kier alpha value is -1.29. The molecule has 2 unspecified atom stereocenters. The van der Waals surface area contributed by atoms with Crippen LogP contribution in [0.2, 0.25) is 0 Å². The molecule has 4 heteroatoms. The molecule has 0 bridgehead atoms. The van der Waals surface area contributed by atoms with E-state index in [1.165, 1.54) is 6.42 Å². The topological polar surface area (TPSA) is 51.3 Å². The first kappa shape index (κ1) is 12.2. The summed E-state index contributed by atoms with van der Waals surface area (Å²) in [7, 11) is 1.90. The van der Waals surface area contributed by atoms with Crippen LogP contribution in [0.15, 0.2) is 18.3 Å². The summed E-state index contributed by atoms with van der Waals surface area (Å²) in [6.45, 7) is 3.56. The second-order valence-electron chi connectivity index (χ2n) is 4.93. The lowest BCUT2D eigenvalue weighted by molar-refractivity contribution is 0.0523. The molecule has 94 valence electrons. The van der Waals surface area contributed by atoms with Crippen molar-refractivity contribution < 1.29 is 4.79 Å². The predicted octanol–water partition coefficient (Wildman–Crippen LogP) is 1.22. The van der Waals surface area contributed by atoms with Gasteiger partial charge < -0.3 is 15.2 Å². The highest BCUT2D eigenvalue weighted by atomic mass is 16.2. The van der Waals surface area contributed by atoms with Crippen LogP contribution in [0.1, 0.15) is 30.3 Å². The maximum absolute atomic E-state index is 12.4. The monoisotopic (exact) mass is 235 g/mol. The number of carbonyl (C=O) groups is 1. The molecule has 0 radical (unpaired) electrons. The molecule has 0 spiro atoms. The van der Waals surface area contributed by atoms with Gasteiger partial charge in [-0.05, 0) is 30.9 Å². The summed E-state index contributed by atoms with van der Waals surface area (Å²) in [6, 6.07) is 3.96. The first-order valence-corrected chi connectivity index (χ1v) is 6.27. The van der Waals surface area contributed by atoms with E-state index in [4.69, 9.17) is 5.73 Å². The van der Waals surface area contributed by atoms with Crippen molar-refractivity contribution in [3.8, 4) is 0 Å². The quantitative estimate of drug-likeness (QED) is 0.838. The van der Waals surface area contributed by atoms with E-state index in [-0.39, 0.29) is 11.9 Å². The largest absolute Gasteiger partial charge is 0.347 e. The fourth-order valence-electron chi connectivity index (χ4n) is 2.69. The molecule has 2 atom stereocenters. The van der Waals surface area contributed by atoms with Crippen molar-refractivity contribution in [3.05, 3.63) is 24.0 Å². The van der Waals surface area contributed by atoms with Crippen molar-refractivity contribution >= 4 is 5.91 Å². The van der Waals surface area contributed by atoms with Crippen molar-refractivity contribution in [2.24, 2.45) is 18.7 Å². The zero-order valence-corrected chi connectivity index (χ0v) is 10.6. The van der Waals surface area contributed by atoms with Crippen molar-refractivity contribution in [1.82, 2.24) is 9.47 Å². The van der Waals surface area contributed by atoms with E-state index in [9.17, 15) is 4.79 Å². The van der Waals surface area contributed by atoms with E-state index < -0.39 is 0 Å². The second-order valence-corrected chi connectivity index (χ2v) is 4.93. The van der Waals surface area contributed by atoms with Crippen molar-refractivity contribution in [3.63, 3.8) is 0 Å². The van der Waals surface area contributed by atoms with Crippen LogP contribution < -0.4 is 5.73 Å². The van der Waals surface area contributed by atoms with Gasteiger partial charge in [-0.2, -0.15) is 0 Å². The van der Waals surface area contributed by atoms with Crippen LogP contribution in [0, 0.1) is 5.92 Å². The minimum absolute atomic E-state index is 0.111. The molecule has 2 heterocycles. The van der Waals surface area contributed by atoms with Crippen LogP contribution >= 0.6 is 0 Å². The molecule has 4 nitrogen and oxygen atoms in total. The number of rotatable bonds is 2. The first-order chi connectivity index (χ1) is 8.15. The maximum atomic E-state index is 12.4. The molecule has 17 heavy (non-hydrogen) atoms. The molecule has 1 fully saturated rings. The zero-order valence-electron chi connectivity index (χ0n) is 10.6. The Labute approximate surface area is 102 Å². The maximum Gasteiger partial charge on any atom is 0.270 e. The Bertz CT molecular complexity index is 399. The van der Waals surface area contributed by atoms with Gasteiger partial charge in [-0.1, -0.05) is 6.92 Å². The number of nitrogens with two attached hydrogens (primary N) is 1. The molecular formula is C13H21N3O. The number of aromatic nitrogens is 1. The van der Waals surface area contributed by atoms with Gasteiger partial charge in [-0.25, -0.2) is 0 Å². The Morgan fingerprint density at radius 2 is 2.35 bits per heavy atom. The summed E-state index contributed by atoms with van der Waals surface area (Å²) in [5.41, 5.74) is 6.56. The number of hydrogen-bond donors (Lipinski definition) is 1. The van der Waals surface area contributed by atoms with Gasteiger partial charge in [0.05, 0.1) is 0 Å². The molecule has 1 aliphatic rings. The van der Waals surface area contributed by atoms with Crippen LogP contribution in [-0.4, -0.2) is 34.5 Å². The van der Waals surface area contributed by atoms with E-state index >= 15 is 0 Å². The molecule has 1 amide bonds. The van der Waals surface area contributed by atoms with Crippen molar-refractivity contribution in [1.29, 1.82) is 0 Å². The molecule has 2 rings (SSSR count). The lowest BCUT2D eigenvalue weighted by Gasteiger charge is -2.39. The summed E-state index contributed by atoms with van der Waals surface area (Å²) < 4.78 is 1.87. The zero-order chi connectivity index (χ0) is 12.4. The number of likely N-dealkylation sites (tertiary alicyclic amines) is 1. The minimum atomic E-state index is 0.111. The van der Waals surface area contributed by atoms with Gasteiger partial charge in [0.25, 0.3) is 5.91 Å². The highest BCUT2D eigenvalue weighted by molar-refractivity contribution is 5.93. The first-order valence-electron chi connectivity index (χ1n) is 6.27. The normalized spacial score (nSPS) is 25.0. The van der Waals surface area contributed by atoms with Crippen LogP contribution in [0.25, 0.3) is 0 Å². The van der Waals surface area contributed by atoms with Crippen LogP contribution in [0.5, 0.6) is 0 Å². The standard InChI is InChI=1S/C13H21N3O/c1-10-5-3-8-16(12(10)9-14)13(17)11-6-4-7-15(11)2/h4,6-7,10,12H,3,5,8-9,14H2,1-2H3. The molecule has 1 aromatic rings. The highest BCUT2D eigenvalue weighted by Crippen LogP contribution is 2.24. The molecular weight excluding hydrogens is 214 g/mol. The van der Waals surface area contributed by atoms with Crippen LogP contribution in [-0.2, 0) is 7.05 Å². The fourth-order valence-corrected chi connectivity index (χ4v) is 2.69. The average molecular weight is 235 g/mol. The van der Waals surface area contributed by atoms with Gasteiger partial charge in [0.2, 0.25) is 0 Å². The van der Waals surface area contributed by atoms with E-state index in [2.05, 4.69) is 6.92 Å². The molecule has 1 aliphatic heterocycles. The van der Waals surface area contributed by atoms with Gasteiger partial charge in [-0.3, -0.25) is 4.79 Å². The molecule has 2 N–H and O–H groups in total. The van der Waals surface area contributed by atoms with E-state index in [1.807, 2.05) is 34.8 Å². The molecule has 0 saturated carbocycles. The Kier molecular flexibility index (Phi) is 3.52. The third-order valence-electron chi connectivity index (χ3n) is 3.78. The van der Waals surface area contributed by atoms with Crippen molar-refractivity contribution in [2.75, 3.05) is 13.1 Å². The summed E-state index contributed by atoms with van der Waals surface area (Å²) >= 11 is 0. The summed E-state index contributed by atoms with van der Waals surface area (Å²) in [6.07, 6.45) is 4.14. The third-order valence-corrected chi connectivity index (χ3v) is 3.78. The van der Waals surface area contributed by atoms with Gasteiger partial charge in [0, 0.05) is 32.4 Å². The smallest absolute Gasteiger partial charge is 0.270 e. The van der Waals surface area contributed by atoms with E-state index in [0.29, 0.717) is 12.5 Å². The van der Waals surface area contributed by atoms with Crippen LogP contribution in [0.3, 0.4) is 0 Å². The molecule has 0 aromatic carbocycles. The summed E-state index contributed by atoms with van der Waals surface area (Å²) in [4.78, 5) is 14.4. The molecule has 1 aromatic heterocycles. The Morgan fingerprint density at radius 1 is 1.59 bits per heavy atom. The number of amides is 1. The number of piperidine rings is 1. The van der Waals surface area contributed by atoms with Gasteiger partial charge in [0.15, 0.2) is 0 Å². The summed E-state index contributed by atoms with van der Waals surface area (Å²) in [5.74, 6) is 0.609. The summed E-state index contributed by atoms with van der Waals surface area (Å²) in [5, 5.41) is 0. The minimum Gasteiger partial charge on any atom is -0.347 e. The fraction of sp³-hybridized carbons (Fsp3) is 0.615. The number of nitrogens with zero attached hydrogens (tertiary/aromatic N) is 2. The van der Waals surface area contributed by atoms with Gasteiger partial charge >= 0.3 is 0 Å². The second kappa shape index (κ2) is 4.92. The van der Waals surface area contributed by atoms with Gasteiger partial charge in [0.1, 0.15) is 5.69 Å². The lowest BCUT2D eigenvalue weighted by Crippen LogP contribution is -2.51. The number of aryl methyl sites for hydroxylation is 1. The van der Waals surface area contributed by atoms with E-state index in [1.54, 1.807) is 0 Å². The van der Waals surface area contributed by atoms with Crippen LogP contribution in [0.4, 0.5) is 0 Å². The number of carbonyl (C=O) groups excluding carboxylic acids is 1. The Balaban J connectivity index is 2.21. The molecule has 1 saturated heterocycles. The molecule has 0 aliphatic carbocycles. The van der Waals surface area contributed by atoms with Crippen molar-refractivity contribution in [2.45, 2.75) is 25.8 Å². The third kappa shape index (κ3) is 2.22. The number of hydrogen-bond acceptors (Lipinski definition) is 2. The SMILES string of the molecule is CC1CCCN(C(=O)c2cccn2C)C1CN.